The topological polar surface area (TPSA) is 35.1 Å². The molecule has 0 aliphatic carbocycles. The third-order valence-corrected chi connectivity index (χ3v) is 3.51. The summed E-state index contributed by atoms with van der Waals surface area (Å²) < 4.78 is 26.8. The Morgan fingerprint density at radius 2 is 1.85 bits per heavy atom. The molecule has 0 radical (unpaired) electrons. The molecule has 3 aromatic heterocycles. The van der Waals surface area contributed by atoms with Gasteiger partial charge in [-0.1, -0.05) is 30.3 Å². The zero-order valence-corrected chi connectivity index (χ0v) is 10.9. The molecule has 0 atom stereocenters. The Bertz CT molecular complexity index is 1030. The van der Waals surface area contributed by atoms with E-state index in [1.54, 1.807) is 4.40 Å². The summed E-state index contributed by atoms with van der Waals surface area (Å²) in [7, 11) is 0. The first-order chi connectivity index (χ1) is 11.0. The molecule has 0 N–H and O–H groups in total. The number of rotatable bonds is 1. The Kier molecular flexibility index (Phi) is 1.68. The van der Waals surface area contributed by atoms with Gasteiger partial charge in [0.1, 0.15) is 11.5 Å². The maximum absolute atomic E-state index is 7.91. The van der Waals surface area contributed by atoms with Crippen LogP contribution in [0.1, 0.15) is 9.68 Å². The lowest BCUT2D eigenvalue weighted by molar-refractivity contribution is 0.941. The molecule has 0 spiro atoms. The number of hydrogen-bond donors (Lipinski definition) is 0. The van der Waals surface area contributed by atoms with Gasteiger partial charge in [0.2, 0.25) is 0 Å². The van der Waals surface area contributed by atoms with Crippen LogP contribution in [0.4, 0.5) is 0 Å². The molecule has 0 saturated carbocycles. The van der Waals surface area contributed by atoms with Crippen molar-refractivity contribution in [2.24, 2.45) is 6.98 Å². The van der Waals surface area contributed by atoms with Crippen molar-refractivity contribution >= 4 is 16.9 Å². The lowest BCUT2D eigenvalue weighted by Crippen LogP contribution is -1.95. The number of nitrogens with zero attached hydrogens (tertiary/aromatic N) is 4. The highest BCUT2D eigenvalue weighted by atomic mass is 15.2. The largest absolute Gasteiger partial charge is 0.310 e. The quantitative estimate of drug-likeness (QED) is 0.530. The van der Waals surface area contributed by atoms with Crippen LogP contribution in [0, 0.1) is 6.92 Å². The molecule has 0 aliphatic rings. The molecule has 1 aromatic carbocycles. The summed E-state index contributed by atoms with van der Waals surface area (Å²) in [6.45, 7) is -0.415. The van der Waals surface area contributed by atoms with Crippen molar-refractivity contribution in [3.05, 3.63) is 54.2 Å². The van der Waals surface area contributed by atoms with Gasteiger partial charge in [0, 0.05) is 22.8 Å². The number of aromatic nitrogens is 4. The van der Waals surface area contributed by atoms with Gasteiger partial charge < -0.3 is 4.57 Å². The molecule has 4 heteroatoms. The zero-order valence-electron chi connectivity index (χ0n) is 13.9. The Hall–Kier alpha value is -2.62. The van der Waals surface area contributed by atoms with E-state index in [9.17, 15) is 0 Å². The fourth-order valence-electron chi connectivity index (χ4n) is 2.48. The van der Waals surface area contributed by atoms with Gasteiger partial charge in [-0.25, -0.2) is 9.97 Å². The Morgan fingerprint density at radius 3 is 2.70 bits per heavy atom. The molecule has 0 unspecified atom stereocenters. The summed E-state index contributed by atoms with van der Waals surface area (Å²) >= 11 is 0. The van der Waals surface area contributed by atoms with Crippen molar-refractivity contribution in [1.29, 1.82) is 0 Å². The van der Waals surface area contributed by atoms with Crippen LogP contribution < -0.4 is 0 Å². The molecular weight excluding hydrogens is 248 g/mol. The van der Waals surface area contributed by atoms with Crippen molar-refractivity contribution < 1.29 is 4.11 Å². The monoisotopic (exact) mass is 265 g/mol. The predicted octanol–water partition coefficient (Wildman–Crippen LogP) is 3.20. The van der Waals surface area contributed by atoms with Crippen molar-refractivity contribution in [2.45, 2.75) is 6.92 Å². The van der Waals surface area contributed by atoms with Gasteiger partial charge in [0.25, 0.3) is 0 Å². The van der Waals surface area contributed by atoms with E-state index in [-0.39, 0.29) is 0 Å². The first-order valence-electron chi connectivity index (χ1n) is 7.89. The van der Waals surface area contributed by atoms with E-state index >= 15 is 0 Å². The minimum atomic E-state index is -2.36. The van der Waals surface area contributed by atoms with Gasteiger partial charge in [-0.05, 0) is 24.6 Å². The summed E-state index contributed by atoms with van der Waals surface area (Å²) in [5.74, 6) is 0.416. The number of benzene rings is 1. The van der Waals surface area contributed by atoms with Gasteiger partial charge in [-0.2, -0.15) is 0 Å². The van der Waals surface area contributed by atoms with Gasteiger partial charge in [-0.3, -0.25) is 4.40 Å². The molecule has 4 aromatic rings. The standard InChI is InChI=1S/C16H14N4/c1-11-7-3-4-8-12(11)14-18-16-15(19(14)2)17-13-9-5-6-10-20(13)16/h3-10H,1-2H3/i2D3. The number of pyridine rings is 1. The highest BCUT2D eigenvalue weighted by Gasteiger charge is 2.15. The minimum absolute atomic E-state index is 0.370. The first kappa shape index (κ1) is 8.53. The van der Waals surface area contributed by atoms with Crippen LogP contribution in [0.25, 0.3) is 28.3 Å². The second-order valence-electron chi connectivity index (χ2n) is 4.77. The summed E-state index contributed by atoms with van der Waals surface area (Å²) in [5.41, 5.74) is 3.37. The molecule has 0 amide bonds. The lowest BCUT2D eigenvalue weighted by Gasteiger charge is -2.05. The van der Waals surface area contributed by atoms with Crippen molar-refractivity contribution in [1.82, 2.24) is 18.9 Å². The van der Waals surface area contributed by atoms with Crippen molar-refractivity contribution in [3.63, 3.8) is 0 Å². The Morgan fingerprint density at radius 1 is 1.00 bits per heavy atom. The van der Waals surface area contributed by atoms with E-state index in [1.165, 1.54) is 4.57 Å². The van der Waals surface area contributed by atoms with Crippen LogP contribution in [0.3, 0.4) is 0 Å². The highest BCUT2D eigenvalue weighted by molar-refractivity contribution is 5.79. The van der Waals surface area contributed by atoms with Gasteiger partial charge >= 0.3 is 0 Å². The summed E-state index contributed by atoms with van der Waals surface area (Å²) in [5, 5.41) is 0. The number of fused-ring (bicyclic) bond motifs is 3. The van der Waals surface area contributed by atoms with E-state index in [2.05, 4.69) is 9.97 Å². The van der Waals surface area contributed by atoms with Gasteiger partial charge in [0.05, 0.1) is 0 Å². The van der Waals surface area contributed by atoms with Crippen LogP contribution in [0.2, 0.25) is 0 Å². The first-order valence-corrected chi connectivity index (χ1v) is 6.39. The Balaban J connectivity index is 2.14. The third-order valence-electron chi connectivity index (χ3n) is 3.51. The maximum Gasteiger partial charge on any atom is 0.184 e. The van der Waals surface area contributed by atoms with Gasteiger partial charge in [-0.15, -0.1) is 0 Å². The highest BCUT2D eigenvalue weighted by Crippen LogP contribution is 2.26. The van der Waals surface area contributed by atoms with Crippen LogP contribution in [0.5, 0.6) is 0 Å². The molecule has 0 saturated heterocycles. The van der Waals surface area contributed by atoms with E-state index in [1.807, 2.05) is 55.6 Å². The Labute approximate surface area is 120 Å². The second-order valence-corrected chi connectivity index (χ2v) is 4.77. The van der Waals surface area contributed by atoms with Crippen LogP contribution in [-0.2, 0) is 6.98 Å². The SMILES string of the molecule is [2H]C([2H])([2H])n1c(-c2ccccc2C)nc2c1nc1ccccn12. The van der Waals surface area contributed by atoms with Crippen molar-refractivity contribution in [2.75, 3.05) is 0 Å². The summed E-state index contributed by atoms with van der Waals surface area (Å²) in [6, 6.07) is 13.2. The molecular formula is C16H14N4. The summed E-state index contributed by atoms with van der Waals surface area (Å²) in [4.78, 5) is 9.06. The van der Waals surface area contributed by atoms with E-state index < -0.39 is 6.98 Å². The minimum Gasteiger partial charge on any atom is -0.310 e. The fraction of sp³-hybridized carbons (Fsp3) is 0.125. The molecule has 20 heavy (non-hydrogen) atoms. The van der Waals surface area contributed by atoms with E-state index in [0.717, 1.165) is 11.1 Å². The number of imidazole rings is 2. The normalized spacial score (nSPS) is 14.3. The van der Waals surface area contributed by atoms with Crippen molar-refractivity contribution in [3.8, 4) is 11.4 Å². The van der Waals surface area contributed by atoms with E-state index in [4.69, 9.17) is 4.11 Å². The third kappa shape index (κ3) is 1.42. The average molecular weight is 265 g/mol. The smallest absolute Gasteiger partial charge is 0.184 e. The van der Waals surface area contributed by atoms with Crippen LogP contribution in [0.15, 0.2) is 48.7 Å². The summed E-state index contributed by atoms with van der Waals surface area (Å²) in [6.07, 6.45) is 1.84. The predicted molar refractivity (Wildman–Crippen MR) is 79.6 cm³/mol. The lowest BCUT2D eigenvalue weighted by atomic mass is 10.1. The molecule has 98 valence electrons. The molecule has 4 rings (SSSR count). The molecule has 0 bridgehead atoms. The van der Waals surface area contributed by atoms with E-state index in [0.29, 0.717) is 22.8 Å². The van der Waals surface area contributed by atoms with Crippen LogP contribution in [-0.4, -0.2) is 18.9 Å². The zero-order chi connectivity index (χ0) is 16.2. The average Bonchev–Trinajstić information content (AvgIpc) is 3.02. The van der Waals surface area contributed by atoms with Crippen LogP contribution >= 0.6 is 0 Å². The molecule has 4 nitrogen and oxygen atoms in total. The molecule has 0 aliphatic heterocycles. The molecule has 3 heterocycles. The maximum atomic E-state index is 7.91. The fourth-order valence-corrected chi connectivity index (χ4v) is 2.48. The second kappa shape index (κ2) is 3.93. The number of aryl methyl sites for hydroxylation is 2. The van der Waals surface area contributed by atoms with Gasteiger partial charge in [0.15, 0.2) is 11.3 Å². The molecule has 0 fully saturated rings. The number of hydrogen-bond acceptors (Lipinski definition) is 2.